The van der Waals surface area contributed by atoms with Gasteiger partial charge in [0.2, 0.25) is 10.0 Å². The Bertz CT molecular complexity index is 1550. The van der Waals surface area contributed by atoms with Gasteiger partial charge < -0.3 is 5.32 Å². The van der Waals surface area contributed by atoms with Crippen molar-refractivity contribution >= 4 is 21.6 Å². The Kier molecular flexibility index (Phi) is 6.89. The minimum atomic E-state index is -4.52. The highest BCUT2D eigenvalue weighted by Crippen LogP contribution is 2.71. The van der Waals surface area contributed by atoms with E-state index in [0.29, 0.717) is 43.5 Å². The second-order valence-corrected chi connectivity index (χ2v) is 15.3. The number of alkyl halides is 4. The molecule has 7 rings (SSSR count). The van der Waals surface area contributed by atoms with Gasteiger partial charge in [-0.2, -0.15) is 17.5 Å². The molecule has 0 unspecified atom stereocenters. The number of ketones is 1. The topological polar surface area (TPSA) is 78.8 Å². The van der Waals surface area contributed by atoms with Gasteiger partial charge in [0.25, 0.3) is 0 Å². The summed E-state index contributed by atoms with van der Waals surface area (Å²) in [6.07, 6.45) is -1.18. The number of nitrogens with zero attached hydrogens (tertiary/aromatic N) is 2. The van der Waals surface area contributed by atoms with Gasteiger partial charge in [0, 0.05) is 23.9 Å². The molecule has 4 aliphatic carbocycles. The van der Waals surface area contributed by atoms with Crippen LogP contribution in [0.1, 0.15) is 76.3 Å². The van der Waals surface area contributed by atoms with E-state index in [1.54, 1.807) is 0 Å². The molecule has 6 nitrogen and oxygen atoms in total. The van der Waals surface area contributed by atoms with Crippen molar-refractivity contribution in [2.45, 2.75) is 106 Å². The van der Waals surface area contributed by atoms with Gasteiger partial charge in [-0.25, -0.2) is 17.2 Å². The number of carbonyl (C=O) groups excluding carboxylic acids is 1. The second-order valence-electron chi connectivity index (χ2n) is 13.4. The third kappa shape index (κ3) is 5.18. The number of Topliss-reactive ketones (excluding diaryl/α,β-unsaturated/α-hetero) is 1. The zero-order valence-electron chi connectivity index (χ0n) is 24.0. The van der Waals surface area contributed by atoms with Gasteiger partial charge in [0.1, 0.15) is 23.4 Å². The van der Waals surface area contributed by atoms with Crippen molar-refractivity contribution < 1.29 is 35.2 Å². The fraction of sp³-hybridized carbons (Fsp3) is 0.548. The molecule has 43 heavy (non-hydrogen) atoms. The summed E-state index contributed by atoms with van der Waals surface area (Å²) < 4.78 is 96.7. The Morgan fingerprint density at radius 3 is 2.16 bits per heavy atom. The van der Waals surface area contributed by atoms with Crippen LogP contribution in [0.3, 0.4) is 0 Å². The average Bonchev–Trinajstić information content (AvgIpc) is 3.18. The van der Waals surface area contributed by atoms with Crippen LogP contribution in [0.15, 0.2) is 58.4 Å². The minimum Gasteiger partial charge on any atom is -0.366 e. The third-order valence-electron chi connectivity index (χ3n) is 9.80. The molecular formula is C31H34F5N3O3S. The minimum absolute atomic E-state index is 0.108. The van der Waals surface area contributed by atoms with E-state index in [9.17, 15) is 35.2 Å². The maximum absolute atomic E-state index is 14.5. The van der Waals surface area contributed by atoms with Gasteiger partial charge in [-0.3, -0.25) is 9.79 Å². The van der Waals surface area contributed by atoms with Crippen LogP contribution < -0.4 is 5.32 Å². The Balaban J connectivity index is 1.23. The first-order valence-electron chi connectivity index (χ1n) is 14.5. The van der Waals surface area contributed by atoms with Crippen molar-refractivity contribution in [3.8, 4) is 0 Å². The lowest BCUT2D eigenvalue weighted by atomic mass is 9.38. The molecule has 0 aromatic heterocycles. The van der Waals surface area contributed by atoms with Crippen LogP contribution in [0.25, 0.3) is 0 Å². The van der Waals surface area contributed by atoms with Gasteiger partial charge >= 0.3 is 6.18 Å². The van der Waals surface area contributed by atoms with E-state index in [2.05, 4.69) is 5.32 Å². The number of sulfonamides is 1. The van der Waals surface area contributed by atoms with Gasteiger partial charge in [-0.1, -0.05) is 12.1 Å². The van der Waals surface area contributed by atoms with Crippen molar-refractivity contribution in [2.75, 3.05) is 0 Å². The van der Waals surface area contributed by atoms with Crippen molar-refractivity contribution in [2.24, 2.45) is 10.4 Å². The molecule has 232 valence electrons. The maximum atomic E-state index is 14.5. The molecule has 0 amide bonds. The lowest BCUT2D eigenvalue weighted by Gasteiger charge is -2.73. The monoisotopic (exact) mass is 623 g/mol. The van der Waals surface area contributed by atoms with E-state index in [0.717, 1.165) is 30.7 Å². The normalized spacial score (nSPS) is 28.7. The van der Waals surface area contributed by atoms with Crippen LogP contribution in [0.5, 0.6) is 0 Å². The van der Waals surface area contributed by atoms with E-state index < -0.39 is 55.8 Å². The molecule has 2 aromatic carbocycles. The van der Waals surface area contributed by atoms with Crippen LogP contribution in [-0.4, -0.2) is 47.1 Å². The molecule has 12 heteroatoms. The number of benzene rings is 2. The number of carbonyl (C=O) groups is 1. The van der Waals surface area contributed by atoms with Crippen molar-refractivity contribution in [3.63, 3.8) is 0 Å². The Morgan fingerprint density at radius 2 is 1.63 bits per heavy atom. The predicted molar refractivity (Wildman–Crippen MR) is 150 cm³/mol. The summed E-state index contributed by atoms with van der Waals surface area (Å²) in [5.41, 5.74) is -3.66. The summed E-state index contributed by atoms with van der Waals surface area (Å²) in [7, 11) is -4.16. The first-order chi connectivity index (χ1) is 20.0. The molecule has 4 fully saturated rings. The summed E-state index contributed by atoms with van der Waals surface area (Å²) >= 11 is 0. The van der Waals surface area contributed by atoms with Crippen LogP contribution in [0.4, 0.5) is 22.0 Å². The maximum Gasteiger partial charge on any atom is 0.416 e. The molecule has 1 atom stereocenters. The molecule has 0 saturated heterocycles. The highest BCUT2D eigenvalue weighted by Gasteiger charge is 2.75. The zero-order chi connectivity index (χ0) is 31.1. The highest BCUT2D eigenvalue weighted by molar-refractivity contribution is 7.89. The quantitative estimate of drug-likeness (QED) is 0.313. The number of nitrogens with one attached hydrogen (secondary N) is 1. The van der Waals surface area contributed by atoms with Gasteiger partial charge in [-0.15, -0.1) is 0 Å². The molecule has 5 aliphatic rings. The molecule has 1 aliphatic heterocycles. The molecule has 0 spiro atoms. The van der Waals surface area contributed by atoms with Crippen molar-refractivity contribution in [3.05, 3.63) is 65.5 Å². The van der Waals surface area contributed by atoms with Gasteiger partial charge in [0.15, 0.2) is 5.78 Å². The van der Waals surface area contributed by atoms with Crippen LogP contribution in [0.2, 0.25) is 0 Å². The number of aliphatic imine (C=N–C) groups is 1. The van der Waals surface area contributed by atoms with E-state index in [-0.39, 0.29) is 30.1 Å². The van der Waals surface area contributed by atoms with E-state index in [1.165, 1.54) is 28.6 Å². The number of amidine groups is 1. The average molecular weight is 624 g/mol. The summed E-state index contributed by atoms with van der Waals surface area (Å²) in [5.74, 6) is -0.0744. The zero-order valence-corrected chi connectivity index (χ0v) is 24.8. The first-order valence-corrected chi connectivity index (χ1v) is 15.9. The summed E-state index contributed by atoms with van der Waals surface area (Å²) in [6, 6.07) is 8.17. The SMILES string of the molecule is CC1(C)NC(C23CC(N(Cc4ccc(C(F)(F)F)cc4)S(=O)(=O)c4ccc(F)cc4)(C2)C3)=N[C@H]1C(=O)CCC1(F)CCC1. The Morgan fingerprint density at radius 1 is 1.02 bits per heavy atom. The number of halogens is 5. The molecule has 1 N–H and O–H groups in total. The first kappa shape index (κ1) is 30.2. The largest absolute Gasteiger partial charge is 0.416 e. The predicted octanol–water partition coefficient (Wildman–Crippen LogP) is 6.35. The summed E-state index contributed by atoms with van der Waals surface area (Å²) in [4.78, 5) is 17.8. The van der Waals surface area contributed by atoms with E-state index >= 15 is 0 Å². The Hall–Kier alpha value is -2.86. The molecule has 4 saturated carbocycles. The Labute approximate surface area is 247 Å². The van der Waals surface area contributed by atoms with Gasteiger partial charge in [0.05, 0.1) is 16.0 Å². The summed E-state index contributed by atoms with van der Waals surface area (Å²) in [5, 5.41) is 3.39. The van der Waals surface area contributed by atoms with Crippen LogP contribution >= 0.6 is 0 Å². The number of hydrogen-bond donors (Lipinski definition) is 1. The molecule has 2 bridgehead atoms. The molecule has 0 radical (unpaired) electrons. The molecule has 1 heterocycles. The van der Waals surface area contributed by atoms with E-state index in [4.69, 9.17) is 4.99 Å². The van der Waals surface area contributed by atoms with Crippen molar-refractivity contribution in [1.29, 1.82) is 0 Å². The molecule has 2 aromatic rings. The highest BCUT2D eigenvalue weighted by atomic mass is 32.2. The van der Waals surface area contributed by atoms with Gasteiger partial charge in [-0.05, 0) is 101 Å². The lowest BCUT2D eigenvalue weighted by Crippen LogP contribution is -2.78. The fourth-order valence-electron chi connectivity index (χ4n) is 7.19. The van der Waals surface area contributed by atoms with Crippen LogP contribution in [0, 0.1) is 11.2 Å². The lowest BCUT2D eigenvalue weighted by molar-refractivity contribution is -0.151. The number of rotatable bonds is 10. The number of hydrogen-bond acceptors (Lipinski definition) is 5. The van der Waals surface area contributed by atoms with E-state index in [1.807, 2.05) is 13.8 Å². The standard InChI is InChI=1S/C31H34F5N3O3S/c1-27(2)25(24(40)12-15-29(33)13-3-14-29)37-26(38-27)28-17-30(18-28,19-28)39(43(41,42)23-10-8-22(32)9-11-23)16-20-4-6-21(7-5-20)31(34,35)36/h4-11,25H,3,12-19H2,1-2H3,(H,37,38)/t25-,28?,30?/m0/s1. The summed E-state index contributed by atoms with van der Waals surface area (Å²) in [6.45, 7) is 3.58. The second kappa shape index (κ2) is 9.82. The smallest absolute Gasteiger partial charge is 0.366 e. The third-order valence-corrected chi connectivity index (χ3v) is 11.8. The van der Waals surface area contributed by atoms with Crippen LogP contribution in [-0.2, 0) is 27.5 Å². The molecular weight excluding hydrogens is 589 g/mol. The van der Waals surface area contributed by atoms with Crippen molar-refractivity contribution in [1.82, 2.24) is 9.62 Å². The fourth-order valence-corrected chi connectivity index (χ4v) is 8.95.